The summed E-state index contributed by atoms with van der Waals surface area (Å²) in [5.41, 5.74) is 0. The van der Waals surface area contributed by atoms with Crippen LogP contribution in [0.5, 0.6) is 11.5 Å². The van der Waals surface area contributed by atoms with E-state index in [-0.39, 0.29) is 112 Å². The Morgan fingerprint density at radius 3 is 1.29 bits per heavy atom. The molecule has 4 aromatic rings. The summed E-state index contributed by atoms with van der Waals surface area (Å²) in [5, 5.41) is 75.2. The van der Waals surface area contributed by atoms with E-state index in [4.69, 9.17) is 32.7 Å². The first-order valence-corrected chi connectivity index (χ1v) is 24.5. The second kappa shape index (κ2) is 29.7. The molecule has 0 fully saturated rings. The van der Waals surface area contributed by atoms with Crippen LogP contribution in [0.15, 0.2) is 96.7 Å². The number of carbonyl (C=O) groups is 6. The minimum Gasteiger partial charge on any atom is -0.550 e. The fraction of sp³-hybridized carbons (Fsp3) is 0.440. The standard InChI is InChI=1S/2C25H31ClN4O7.Ca/c2*1-15(2)9-20(30-14-18(12-23(30)33)37-21-6-4-3-5-19(21)26)25(36)27-22-7-8-29(28-22)13-17(32)10-16(31)11-24(34)35;/h2*3-8,12,15-17,20,31-32H,9-11,13-14H2,1-2H3,(H,34,35)(H,27,28,36);/q;;+2/p-2/t2*16-,17+,20+;/m11./s1. The van der Waals surface area contributed by atoms with E-state index in [2.05, 4.69) is 20.8 Å². The Morgan fingerprint density at radius 2 is 0.960 bits per heavy atom. The number of ether oxygens (including phenoxy) is 2. The van der Waals surface area contributed by atoms with Gasteiger partial charge >= 0.3 is 37.7 Å². The fourth-order valence-corrected chi connectivity index (χ4v) is 8.25. The zero-order valence-electron chi connectivity index (χ0n) is 41.8. The van der Waals surface area contributed by atoms with Crippen molar-refractivity contribution in [2.75, 3.05) is 23.7 Å². The summed E-state index contributed by atoms with van der Waals surface area (Å²) in [6.45, 7) is 7.94. The number of nitrogens with zero attached hydrogens (tertiary/aromatic N) is 6. The molecule has 75 heavy (non-hydrogen) atoms. The number of aliphatic hydroxyl groups excluding tert-OH is 4. The molecule has 4 amide bonds. The van der Waals surface area contributed by atoms with Gasteiger partial charge in [0.1, 0.15) is 35.1 Å². The van der Waals surface area contributed by atoms with Gasteiger partial charge in [0.2, 0.25) is 11.8 Å². The maximum atomic E-state index is 13.2. The van der Waals surface area contributed by atoms with Crippen molar-refractivity contribution in [1.29, 1.82) is 0 Å². The molecular weight excluding hydrogens is 1050 g/mol. The van der Waals surface area contributed by atoms with Crippen molar-refractivity contribution >= 4 is 108 Å². The number of carboxylic acids is 2. The molecular formula is C50H60CaCl2N8O14. The number of nitrogens with one attached hydrogen (secondary N) is 2. The first-order chi connectivity index (χ1) is 35.0. The van der Waals surface area contributed by atoms with E-state index in [1.165, 1.54) is 55.8 Å². The van der Waals surface area contributed by atoms with Crippen LogP contribution in [0.25, 0.3) is 0 Å². The summed E-state index contributed by atoms with van der Waals surface area (Å²) < 4.78 is 14.3. The zero-order chi connectivity index (χ0) is 54.2. The number of hydrogen-bond acceptors (Lipinski definition) is 16. The molecule has 4 heterocycles. The number of halogens is 2. The molecule has 0 unspecified atom stereocenters. The summed E-state index contributed by atoms with van der Waals surface area (Å²) in [5.74, 6) is -2.16. The van der Waals surface area contributed by atoms with Crippen LogP contribution < -0.4 is 30.3 Å². The molecule has 0 saturated heterocycles. The number of anilines is 2. The van der Waals surface area contributed by atoms with Gasteiger partial charge in [-0.05, 0) is 48.9 Å². The number of rotatable bonds is 26. The third-order valence-corrected chi connectivity index (χ3v) is 11.8. The maximum Gasteiger partial charge on any atom is 2.00 e. The summed E-state index contributed by atoms with van der Waals surface area (Å²) in [7, 11) is 0. The van der Waals surface area contributed by atoms with E-state index in [1.54, 1.807) is 48.5 Å². The van der Waals surface area contributed by atoms with Gasteiger partial charge in [-0.2, -0.15) is 10.2 Å². The van der Waals surface area contributed by atoms with Crippen LogP contribution in [0.2, 0.25) is 10.0 Å². The van der Waals surface area contributed by atoms with E-state index in [0.29, 0.717) is 45.9 Å². The molecule has 0 radical (unpaired) electrons. The van der Waals surface area contributed by atoms with Crippen molar-refractivity contribution in [2.24, 2.45) is 11.8 Å². The molecule has 0 saturated carbocycles. The number of aliphatic carboxylic acids is 2. The first kappa shape index (κ1) is 62.0. The Bertz CT molecular complexity index is 2480. The van der Waals surface area contributed by atoms with Crippen LogP contribution in [-0.2, 0) is 41.9 Å². The molecule has 2 aromatic carbocycles. The number of carbonyl (C=O) groups excluding carboxylic acids is 6. The normalized spacial score (nSPS) is 15.7. The molecule has 0 bridgehead atoms. The van der Waals surface area contributed by atoms with Gasteiger partial charge in [-0.25, -0.2) is 0 Å². The van der Waals surface area contributed by atoms with Gasteiger partial charge in [0.05, 0.1) is 60.6 Å². The summed E-state index contributed by atoms with van der Waals surface area (Å²) in [6.07, 6.45) is 0.434. The van der Waals surface area contributed by atoms with Crippen LogP contribution >= 0.6 is 23.2 Å². The Labute approximate surface area is 472 Å². The Balaban J connectivity index is 0.000000320. The molecule has 400 valence electrons. The third-order valence-electron chi connectivity index (χ3n) is 11.2. The largest absolute Gasteiger partial charge is 2.00 e. The van der Waals surface area contributed by atoms with E-state index in [1.807, 2.05) is 27.7 Å². The van der Waals surface area contributed by atoms with Crippen molar-refractivity contribution in [3.63, 3.8) is 0 Å². The van der Waals surface area contributed by atoms with E-state index in [9.17, 15) is 59.4 Å². The number of aromatic nitrogens is 4. The Hall–Kier alpha value is -5.56. The third kappa shape index (κ3) is 20.2. The Morgan fingerprint density at radius 1 is 0.600 bits per heavy atom. The molecule has 0 spiro atoms. The number of amides is 4. The van der Waals surface area contributed by atoms with Gasteiger partial charge in [0.25, 0.3) is 11.8 Å². The monoisotopic (exact) mass is 1110 g/mol. The van der Waals surface area contributed by atoms with Crippen LogP contribution in [0, 0.1) is 11.8 Å². The predicted molar refractivity (Wildman–Crippen MR) is 270 cm³/mol. The van der Waals surface area contributed by atoms with Crippen LogP contribution in [0.3, 0.4) is 0 Å². The van der Waals surface area contributed by atoms with Crippen LogP contribution in [-0.4, -0.2) is 173 Å². The zero-order valence-corrected chi connectivity index (χ0v) is 45.5. The number of carboxylic acid groups (broad SMARTS) is 2. The summed E-state index contributed by atoms with van der Waals surface area (Å²) in [4.78, 5) is 75.9. The van der Waals surface area contributed by atoms with Gasteiger partial charge in [-0.3, -0.25) is 28.5 Å². The van der Waals surface area contributed by atoms with Crippen molar-refractivity contribution in [1.82, 2.24) is 29.4 Å². The number of para-hydroxylation sites is 2. The van der Waals surface area contributed by atoms with Crippen molar-refractivity contribution in [3.05, 3.63) is 107 Å². The van der Waals surface area contributed by atoms with Crippen molar-refractivity contribution in [3.8, 4) is 11.5 Å². The number of hydrogen-bond donors (Lipinski definition) is 6. The van der Waals surface area contributed by atoms with E-state index < -0.39 is 73.1 Å². The van der Waals surface area contributed by atoms with Crippen LogP contribution in [0.4, 0.5) is 11.6 Å². The Kier molecular flexibility index (Phi) is 24.5. The van der Waals surface area contributed by atoms with Gasteiger partial charge < -0.3 is 70.1 Å². The summed E-state index contributed by atoms with van der Waals surface area (Å²) >= 11 is 12.3. The number of aliphatic hydroxyl groups is 4. The molecule has 2 aliphatic rings. The van der Waals surface area contributed by atoms with E-state index >= 15 is 0 Å². The molecule has 22 nitrogen and oxygen atoms in total. The molecule has 0 aliphatic carbocycles. The van der Waals surface area contributed by atoms with Crippen LogP contribution in [0.1, 0.15) is 66.2 Å². The number of benzene rings is 2. The predicted octanol–water partition coefficient (Wildman–Crippen LogP) is 1.51. The van der Waals surface area contributed by atoms with Gasteiger partial charge in [-0.1, -0.05) is 75.2 Å². The minimum atomic E-state index is -1.41. The van der Waals surface area contributed by atoms with Gasteiger partial charge in [0, 0.05) is 74.3 Å². The maximum absolute atomic E-state index is 13.2. The van der Waals surface area contributed by atoms with Crippen molar-refractivity contribution < 1.29 is 68.9 Å². The fourth-order valence-electron chi connectivity index (χ4n) is 7.90. The minimum absolute atomic E-state index is 0. The molecule has 6 N–H and O–H groups in total. The molecule has 2 aromatic heterocycles. The topological polar surface area (TPSA) is 314 Å². The van der Waals surface area contributed by atoms with Gasteiger partial charge in [-0.15, -0.1) is 0 Å². The smallest absolute Gasteiger partial charge is 0.550 e. The average Bonchev–Trinajstić information content (AvgIpc) is 4.10. The van der Waals surface area contributed by atoms with E-state index in [0.717, 1.165) is 0 Å². The molecule has 25 heteroatoms. The quantitative estimate of drug-likeness (QED) is 0.0486. The summed E-state index contributed by atoms with van der Waals surface area (Å²) in [6, 6.07) is 15.3. The van der Waals surface area contributed by atoms with Gasteiger partial charge in [0.15, 0.2) is 11.6 Å². The second-order valence-corrected chi connectivity index (χ2v) is 19.4. The average molecular weight is 1110 g/mol. The van der Waals surface area contributed by atoms with Crippen molar-refractivity contribution in [2.45, 2.75) is 116 Å². The molecule has 6 rings (SSSR count). The first-order valence-electron chi connectivity index (χ1n) is 23.7. The molecule has 2 aliphatic heterocycles. The second-order valence-electron chi connectivity index (χ2n) is 18.6. The molecule has 6 atom stereocenters. The SMILES string of the molecule is CC(C)C[C@@H](C(=O)Nc1ccn(C[C@@H](O)C[C@@H](O)CC(=O)[O-])n1)N1CC(Oc2ccccc2Cl)=CC1=O.CC(C)C[C@@H](C(=O)Nc1ccn(C[C@@H](O)C[C@@H](O)CC(=O)[O-])n1)N1CC(Oc2ccccc2Cl)=CC1=O.[Ca+2].